The quantitative estimate of drug-likeness (QED) is 0.365. The van der Waals surface area contributed by atoms with Crippen LogP contribution >= 0.6 is 11.8 Å². The van der Waals surface area contributed by atoms with Crippen LogP contribution in [0, 0.1) is 5.82 Å². The maximum absolute atomic E-state index is 14.4. The van der Waals surface area contributed by atoms with Crippen molar-refractivity contribution in [3.63, 3.8) is 0 Å². The number of hydrogen-bond acceptors (Lipinski definition) is 7. The summed E-state index contributed by atoms with van der Waals surface area (Å²) in [7, 11) is -3.81. The summed E-state index contributed by atoms with van der Waals surface area (Å²) < 4.78 is 44.1. The Morgan fingerprint density at radius 3 is 2.52 bits per heavy atom. The third kappa shape index (κ3) is 5.48. The summed E-state index contributed by atoms with van der Waals surface area (Å²) in [5.74, 6) is 0.135. The van der Waals surface area contributed by atoms with E-state index in [1.807, 2.05) is 0 Å². The van der Waals surface area contributed by atoms with Crippen LogP contribution in [0.5, 0.6) is 0 Å². The summed E-state index contributed by atoms with van der Waals surface area (Å²) in [6.45, 7) is 0.253. The number of nitrogens with two attached hydrogens (primary N) is 1. The Hall–Kier alpha value is -3.48. The fourth-order valence-corrected chi connectivity index (χ4v) is 4.25. The van der Waals surface area contributed by atoms with Crippen molar-refractivity contribution in [2.45, 2.75) is 16.6 Å². The Kier molecular flexibility index (Phi) is 6.58. The van der Waals surface area contributed by atoms with Crippen molar-refractivity contribution in [3.8, 4) is 11.4 Å². The molecule has 1 amide bonds. The third-order valence-electron chi connectivity index (χ3n) is 4.52. The van der Waals surface area contributed by atoms with E-state index in [0.29, 0.717) is 22.4 Å². The monoisotopic (exact) mass is 487 g/mol. The second-order valence-electron chi connectivity index (χ2n) is 6.86. The van der Waals surface area contributed by atoms with Gasteiger partial charge in [-0.3, -0.25) is 9.36 Å². The van der Waals surface area contributed by atoms with Gasteiger partial charge in [-0.1, -0.05) is 23.9 Å². The van der Waals surface area contributed by atoms with E-state index in [1.54, 1.807) is 34.9 Å². The Bertz CT molecular complexity index is 1370. The van der Waals surface area contributed by atoms with Crippen LogP contribution in [0.1, 0.15) is 5.76 Å². The van der Waals surface area contributed by atoms with E-state index < -0.39 is 15.8 Å². The summed E-state index contributed by atoms with van der Waals surface area (Å²) in [5.41, 5.74) is 0.694. The molecule has 0 aliphatic carbocycles. The number of sulfonamides is 1. The van der Waals surface area contributed by atoms with Gasteiger partial charge >= 0.3 is 0 Å². The van der Waals surface area contributed by atoms with Crippen LogP contribution in [0.3, 0.4) is 0 Å². The van der Waals surface area contributed by atoms with Gasteiger partial charge in [-0.25, -0.2) is 17.9 Å². The van der Waals surface area contributed by atoms with Gasteiger partial charge in [0.25, 0.3) is 0 Å². The summed E-state index contributed by atoms with van der Waals surface area (Å²) in [5, 5.41) is 16.4. The first-order valence-corrected chi connectivity index (χ1v) is 12.1. The Balaban J connectivity index is 1.50. The van der Waals surface area contributed by atoms with E-state index in [2.05, 4.69) is 15.5 Å². The highest BCUT2D eigenvalue weighted by molar-refractivity contribution is 7.99. The Morgan fingerprint density at radius 1 is 1.09 bits per heavy atom. The molecular formula is C21H18FN5O4S2. The van der Waals surface area contributed by atoms with E-state index in [0.717, 1.165) is 11.8 Å². The molecule has 0 bridgehead atoms. The van der Waals surface area contributed by atoms with Crippen molar-refractivity contribution in [2.24, 2.45) is 5.14 Å². The number of halogens is 1. The highest BCUT2D eigenvalue weighted by atomic mass is 32.2. The van der Waals surface area contributed by atoms with Crippen LogP contribution in [0.15, 0.2) is 81.4 Å². The minimum absolute atomic E-state index is 0.00943. The fourth-order valence-electron chi connectivity index (χ4n) is 2.99. The van der Waals surface area contributed by atoms with Crippen LogP contribution in [0.2, 0.25) is 0 Å². The Morgan fingerprint density at radius 2 is 1.85 bits per heavy atom. The van der Waals surface area contributed by atoms with Gasteiger partial charge in [-0.05, 0) is 48.5 Å². The molecule has 0 aliphatic rings. The number of amides is 1. The SMILES string of the molecule is NS(=O)(=O)c1ccc(NC(=O)CSc2nnc(-c3ccccc3F)n2Cc2ccco2)cc1. The first-order chi connectivity index (χ1) is 15.8. The zero-order chi connectivity index (χ0) is 23.4. The molecule has 0 aliphatic heterocycles. The van der Waals surface area contributed by atoms with E-state index in [9.17, 15) is 17.6 Å². The van der Waals surface area contributed by atoms with Crippen molar-refractivity contribution >= 4 is 33.4 Å². The summed E-state index contributed by atoms with van der Waals surface area (Å²) in [6, 6.07) is 15.2. The standard InChI is InChI=1S/C21H18FN5O4S2/c22-18-6-2-1-5-17(18)20-25-26-21(27(20)12-15-4-3-11-31-15)32-13-19(28)24-14-7-9-16(10-8-14)33(23,29)30/h1-11H,12-13H2,(H,24,28)(H2,23,29,30). The number of nitrogens with zero attached hydrogens (tertiary/aromatic N) is 3. The largest absolute Gasteiger partial charge is 0.467 e. The predicted octanol–water partition coefficient (Wildman–Crippen LogP) is 3.10. The number of benzene rings is 2. The number of hydrogen-bond donors (Lipinski definition) is 2. The van der Waals surface area contributed by atoms with Crippen LogP contribution in [0.4, 0.5) is 10.1 Å². The molecule has 4 aromatic rings. The molecule has 4 rings (SSSR count). The minimum Gasteiger partial charge on any atom is -0.467 e. The van der Waals surface area contributed by atoms with Gasteiger partial charge in [0.15, 0.2) is 11.0 Å². The highest BCUT2D eigenvalue weighted by Crippen LogP contribution is 2.27. The average molecular weight is 488 g/mol. The molecule has 0 radical (unpaired) electrons. The molecule has 3 N–H and O–H groups in total. The molecule has 0 atom stereocenters. The van der Waals surface area contributed by atoms with Crippen molar-refractivity contribution < 1.29 is 22.0 Å². The summed E-state index contributed by atoms with van der Waals surface area (Å²) >= 11 is 1.12. The van der Waals surface area contributed by atoms with E-state index in [-0.39, 0.29) is 28.7 Å². The topological polar surface area (TPSA) is 133 Å². The number of primary sulfonamides is 1. The van der Waals surface area contributed by atoms with Gasteiger partial charge in [0.1, 0.15) is 11.6 Å². The molecule has 33 heavy (non-hydrogen) atoms. The lowest BCUT2D eigenvalue weighted by molar-refractivity contribution is -0.113. The third-order valence-corrected chi connectivity index (χ3v) is 6.42. The lowest BCUT2D eigenvalue weighted by atomic mass is 10.2. The lowest BCUT2D eigenvalue weighted by Gasteiger charge is -2.10. The average Bonchev–Trinajstić information content (AvgIpc) is 3.43. The van der Waals surface area contributed by atoms with Crippen molar-refractivity contribution in [3.05, 3.63) is 78.5 Å². The molecule has 0 saturated heterocycles. The number of anilines is 1. The highest BCUT2D eigenvalue weighted by Gasteiger charge is 2.19. The van der Waals surface area contributed by atoms with Gasteiger partial charge in [0, 0.05) is 5.69 Å². The van der Waals surface area contributed by atoms with Crippen LogP contribution < -0.4 is 10.5 Å². The number of rotatable bonds is 8. The molecular weight excluding hydrogens is 469 g/mol. The lowest BCUT2D eigenvalue weighted by Crippen LogP contribution is -2.15. The van der Waals surface area contributed by atoms with Gasteiger partial charge in [0.2, 0.25) is 15.9 Å². The number of furan rings is 1. The maximum atomic E-state index is 14.4. The molecule has 2 aromatic heterocycles. The van der Waals surface area contributed by atoms with Gasteiger partial charge in [-0.15, -0.1) is 10.2 Å². The number of carbonyl (C=O) groups excluding carboxylic acids is 1. The van der Waals surface area contributed by atoms with Crippen molar-refractivity contribution in [1.82, 2.24) is 14.8 Å². The van der Waals surface area contributed by atoms with Crippen molar-refractivity contribution in [2.75, 3.05) is 11.1 Å². The summed E-state index contributed by atoms with van der Waals surface area (Å²) in [4.78, 5) is 12.4. The molecule has 0 saturated carbocycles. The van der Waals surface area contributed by atoms with Gasteiger partial charge < -0.3 is 9.73 Å². The molecule has 12 heteroatoms. The van der Waals surface area contributed by atoms with Crippen LogP contribution in [-0.2, 0) is 21.4 Å². The summed E-state index contributed by atoms with van der Waals surface area (Å²) in [6.07, 6.45) is 1.53. The van der Waals surface area contributed by atoms with E-state index in [4.69, 9.17) is 9.56 Å². The number of aromatic nitrogens is 3. The molecule has 170 valence electrons. The Labute approximate surface area is 192 Å². The molecule has 0 fully saturated rings. The first-order valence-electron chi connectivity index (χ1n) is 9.57. The van der Waals surface area contributed by atoms with E-state index in [1.165, 1.54) is 36.6 Å². The van der Waals surface area contributed by atoms with Crippen LogP contribution in [-0.4, -0.2) is 34.8 Å². The normalized spacial score (nSPS) is 11.5. The number of carbonyl (C=O) groups is 1. The number of nitrogens with one attached hydrogen (secondary N) is 1. The second-order valence-corrected chi connectivity index (χ2v) is 9.36. The second kappa shape index (κ2) is 9.57. The van der Waals surface area contributed by atoms with Gasteiger partial charge in [-0.2, -0.15) is 0 Å². The maximum Gasteiger partial charge on any atom is 0.238 e. The minimum atomic E-state index is -3.81. The molecule has 0 spiro atoms. The molecule has 2 aromatic carbocycles. The van der Waals surface area contributed by atoms with Crippen LogP contribution in [0.25, 0.3) is 11.4 Å². The molecule has 9 nitrogen and oxygen atoms in total. The molecule has 2 heterocycles. The zero-order valence-corrected chi connectivity index (χ0v) is 18.6. The molecule has 0 unspecified atom stereocenters. The zero-order valence-electron chi connectivity index (χ0n) is 17.0. The predicted molar refractivity (Wildman–Crippen MR) is 120 cm³/mol. The first kappa shape index (κ1) is 22.7. The fraction of sp³-hybridized carbons (Fsp3) is 0.0952. The van der Waals surface area contributed by atoms with Gasteiger partial charge in [0.05, 0.1) is 29.0 Å². The smallest absolute Gasteiger partial charge is 0.238 e. The van der Waals surface area contributed by atoms with Crippen molar-refractivity contribution in [1.29, 1.82) is 0 Å². The van der Waals surface area contributed by atoms with E-state index >= 15 is 0 Å². The number of thioether (sulfide) groups is 1.